The number of nitrogens with zero attached hydrogens (tertiary/aromatic N) is 2. The molecule has 0 saturated heterocycles. The Labute approximate surface area is 170 Å². The van der Waals surface area contributed by atoms with Gasteiger partial charge < -0.3 is 9.80 Å². The van der Waals surface area contributed by atoms with E-state index in [9.17, 15) is 0 Å². The highest BCUT2D eigenvalue weighted by Gasteiger charge is 2.34. The molecule has 0 spiro atoms. The molecule has 0 heterocycles. The van der Waals surface area contributed by atoms with E-state index in [1.54, 1.807) is 0 Å². The van der Waals surface area contributed by atoms with Gasteiger partial charge in [0.1, 0.15) is 0 Å². The maximum absolute atomic E-state index is 2.81. The molecule has 158 valence electrons. The lowest BCUT2D eigenvalue weighted by Crippen LogP contribution is -2.48. The summed E-state index contributed by atoms with van der Waals surface area (Å²) < 4.78 is 0. The van der Waals surface area contributed by atoms with Crippen molar-refractivity contribution in [2.75, 3.05) is 14.1 Å². The van der Waals surface area contributed by atoms with Gasteiger partial charge in [0, 0.05) is 24.2 Å². The smallest absolute Gasteiger partial charge is 0.00963 e. The Morgan fingerprint density at radius 1 is 0.630 bits per heavy atom. The van der Waals surface area contributed by atoms with E-state index in [1.165, 1.54) is 83.5 Å². The summed E-state index contributed by atoms with van der Waals surface area (Å²) >= 11 is 0. The molecule has 3 aliphatic carbocycles. The van der Waals surface area contributed by atoms with Crippen LogP contribution in [-0.2, 0) is 0 Å². The lowest BCUT2D eigenvalue weighted by atomic mass is 9.77. The second-order valence-electron chi connectivity index (χ2n) is 10.7. The molecule has 0 radical (unpaired) electrons. The minimum atomic E-state index is 0.853. The van der Waals surface area contributed by atoms with Gasteiger partial charge in [0.2, 0.25) is 0 Å². The Bertz CT molecular complexity index is 412. The third kappa shape index (κ3) is 5.50. The summed E-state index contributed by atoms with van der Waals surface area (Å²) in [4.78, 5) is 5.60. The third-order valence-corrected chi connectivity index (χ3v) is 9.15. The Kier molecular flexibility index (Phi) is 8.09. The molecule has 0 N–H and O–H groups in total. The van der Waals surface area contributed by atoms with Gasteiger partial charge in [-0.1, -0.05) is 27.2 Å². The van der Waals surface area contributed by atoms with Crippen LogP contribution in [0.15, 0.2) is 0 Å². The van der Waals surface area contributed by atoms with Gasteiger partial charge in [-0.15, -0.1) is 0 Å². The average molecular weight is 377 g/mol. The largest absolute Gasteiger partial charge is 0.300 e. The van der Waals surface area contributed by atoms with E-state index in [2.05, 4.69) is 44.7 Å². The SMILES string of the molecule is CCC(C)C1CCC(N(C)C2CCC(N(C)C3CCC(C)CC3)CC2)CC1. The second-order valence-corrected chi connectivity index (χ2v) is 10.7. The summed E-state index contributed by atoms with van der Waals surface area (Å²) in [7, 11) is 4.89. The Morgan fingerprint density at radius 2 is 0.963 bits per heavy atom. The van der Waals surface area contributed by atoms with Crippen LogP contribution < -0.4 is 0 Å². The monoisotopic (exact) mass is 376 g/mol. The molecule has 2 nitrogen and oxygen atoms in total. The highest BCUT2D eigenvalue weighted by atomic mass is 15.2. The van der Waals surface area contributed by atoms with Crippen molar-refractivity contribution in [1.29, 1.82) is 0 Å². The second kappa shape index (κ2) is 10.1. The summed E-state index contributed by atoms with van der Waals surface area (Å²) in [6, 6.07) is 3.45. The fourth-order valence-electron chi connectivity index (χ4n) is 6.53. The zero-order chi connectivity index (χ0) is 19.4. The molecule has 0 amide bonds. The lowest BCUT2D eigenvalue weighted by molar-refractivity contribution is 0.0488. The van der Waals surface area contributed by atoms with Gasteiger partial charge in [0.05, 0.1) is 0 Å². The fourth-order valence-corrected chi connectivity index (χ4v) is 6.53. The normalized spacial score (nSPS) is 39.7. The molecule has 0 aromatic rings. The van der Waals surface area contributed by atoms with Crippen LogP contribution in [0.3, 0.4) is 0 Å². The van der Waals surface area contributed by atoms with Crippen LogP contribution in [0.4, 0.5) is 0 Å². The molecule has 0 bridgehead atoms. The average Bonchev–Trinajstić information content (AvgIpc) is 2.73. The first-order valence-electron chi connectivity index (χ1n) is 12.4. The van der Waals surface area contributed by atoms with Crippen molar-refractivity contribution in [1.82, 2.24) is 9.80 Å². The molecule has 3 aliphatic rings. The molecule has 2 heteroatoms. The zero-order valence-corrected chi connectivity index (χ0v) is 19.1. The molecule has 3 fully saturated rings. The van der Waals surface area contributed by atoms with Crippen LogP contribution in [0.5, 0.6) is 0 Å². The topological polar surface area (TPSA) is 6.48 Å². The highest BCUT2D eigenvalue weighted by molar-refractivity contribution is 4.89. The first-order valence-corrected chi connectivity index (χ1v) is 12.4. The molecule has 1 atom stereocenters. The molecule has 3 saturated carbocycles. The first kappa shape index (κ1) is 21.6. The van der Waals surface area contributed by atoms with Crippen molar-refractivity contribution in [2.45, 2.75) is 128 Å². The minimum Gasteiger partial charge on any atom is -0.300 e. The van der Waals surface area contributed by atoms with Crippen LogP contribution in [0.1, 0.15) is 104 Å². The zero-order valence-electron chi connectivity index (χ0n) is 19.1. The predicted octanol–water partition coefficient (Wildman–Crippen LogP) is 6.34. The van der Waals surface area contributed by atoms with Gasteiger partial charge in [0.15, 0.2) is 0 Å². The van der Waals surface area contributed by atoms with Crippen LogP contribution in [0, 0.1) is 17.8 Å². The standard InChI is InChI=1S/C25H48N2/c1-6-20(3)21-9-13-23(14-10-21)27(5)25-17-15-24(16-18-25)26(4)22-11-7-19(2)8-12-22/h19-25H,6-18H2,1-5H3. The van der Waals surface area contributed by atoms with Gasteiger partial charge in [-0.2, -0.15) is 0 Å². The molecule has 3 rings (SSSR count). The van der Waals surface area contributed by atoms with Gasteiger partial charge in [-0.3, -0.25) is 0 Å². The molecular formula is C25H48N2. The Morgan fingerprint density at radius 3 is 1.33 bits per heavy atom. The Hall–Kier alpha value is -0.0800. The van der Waals surface area contributed by atoms with Crippen LogP contribution in [0.25, 0.3) is 0 Å². The molecule has 0 aromatic carbocycles. The third-order valence-electron chi connectivity index (χ3n) is 9.15. The van der Waals surface area contributed by atoms with Crippen LogP contribution in [0.2, 0.25) is 0 Å². The summed E-state index contributed by atoms with van der Waals surface area (Å²) in [6.07, 6.45) is 18.7. The van der Waals surface area contributed by atoms with E-state index in [1.807, 2.05) is 0 Å². The molecule has 1 unspecified atom stereocenters. The fraction of sp³-hybridized carbons (Fsp3) is 1.00. The van der Waals surface area contributed by atoms with Gasteiger partial charge in [-0.05, 0) is 109 Å². The number of hydrogen-bond donors (Lipinski definition) is 0. The molecule has 0 aliphatic heterocycles. The number of rotatable bonds is 6. The molecule has 27 heavy (non-hydrogen) atoms. The van der Waals surface area contributed by atoms with Gasteiger partial charge in [-0.25, -0.2) is 0 Å². The van der Waals surface area contributed by atoms with E-state index in [0.29, 0.717) is 0 Å². The summed E-state index contributed by atoms with van der Waals surface area (Å²) in [5, 5.41) is 0. The quantitative estimate of drug-likeness (QED) is 0.533. The maximum Gasteiger partial charge on any atom is 0.00963 e. The van der Waals surface area contributed by atoms with Crippen molar-refractivity contribution in [3.8, 4) is 0 Å². The van der Waals surface area contributed by atoms with Crippen LogP contribution in [-0.4, -0.2) is 48.1 Å². The van der Waals surface area contributed by atoms with Crippen molar-refractivity contribution in [3.63, 3.8) is 0 Å². The van der Waals surface area contributed by atoms with Crippen molar-refractivity contribution < 1.29 is 0 Å². The summed E-state index contributed by atoms with van der Waals surface area (Å²) in [6.45, 7) is 7.28. The van der Waals surface area contributed by atoms with E-state index in [-0.39, 0.29) is 0 Å². The van der Waals surface area contributed by atoms with Gasteiger partial charge in [0.25, 0.3) is 0 Å². The first-order chi connectivity index (χ1) is 13.0. The summed E-state index contributed by atoms with van der Waals surface area (Å²) in [5.74, 6) is 2.90. The van der Waals surface area contributed by atoms with Crippen molar-refractivity contribution in [2.24, 2.45) is 17.8 Å². The van der Waals surface area contributed by atoms with E-state index < -0.39 is 0 Å². The summed E-state index contributed by atoms with van der Waals surface area (Å²) in [5.41, 5.74) is 0. The van der Waals surface area contributed by atoms with E-state index in [0.717, 1.165) is 41.9 Å². The number of hydrogen-bond acceptors (Lipinski definition) is 2. The van der Waals surface area contributed by atoms with Crippen molar-refractivity contribution >= 4 is 0 Å². The van der Waals surface area contributed by atoms with Gasteiger partial charge >= 0.3 is 0 Å². The predicted molar refractivity (Wildman–Crippen MR) is 118 cm³/mol. The molecule has 0 aromatic heterocycles. The Balaban J connectivity index is 1.41. The van der Waals surface area contributed by atoms with Crippen molar-refractivity contribution in [3.05, 3.63) is 0 Å². The van der Waals surface area contributed by atoms with E-state index >= 15 is 0 Å². The van der Waals surface area contributed by atoms with Crippen LogP contribution >= 0.6 is 0 Å². The minimum absolute atomic E-state index is 0.853. The maximum atomic E-state index is 2.81. The van der Waals surface area contributed by atoms with E-state index in [4.69, 9.17) is 0 Å². The molecular weight excluding hydrogens is 328 g/mol. The highest BCUT2D eigenvalue weighted by Crippen LogP contribution is 2.36. The lowest BCUT2D eigenvalue weighted by Gasteiger charge is -2.45.